The maximum Gasteiger partial charge on any atom is 0.418 e. The molecular formula is C15H19F3N2O2. The van der Waals surface area contributed by atoms with Gasteiger partial charge in [-0.25, -0.2) is 0 Å². The molecule has 0 saturated carbocycles. The zero-order valence-corrected chi connectivity index (χ0v) is 12.5. The third-order valence-corrected chi connectivity index (χ3v) is 3.37. The Bertz CT molecular complexity index is 524. The first kappa shape index (κ1) is 16.8. The smallest absolute Gasteiger partial charge is 0.373 e. The van der Waals surface area contributed by atoms with Gasteiger partial charge in [0.15, 0.2) is 0 Å². The molecule has 0 bridgehead atoms. The molecule has 22 heavy (non-hydrogen) atoms. The number of ether oxygens (including phenoxy) is 1. The van der Waals surface area contributed by atoms with Crippen LogP contribution in [0, 0.1) is 0 Å². The molecule has 1 amide bonds. The second-order valence-corrected chi connectivity index (χ2v) is 5.54. The van der Waals surface area contributed by atoms with E-state index >= 15 is 0 Å². The number of morpholine rings is 1. The van der Waals surface area contributed by atoms with Crippen LogP contribution in [0.3, 0.4) is 0 Å². The number of alkyl halides is 3. The lowest BCUT2D eigenvalue weighted by molar-refractivity contribution is -0.137. The van der Waals surface area contributed by atoms with Crippen molar-refractivity contribution in [3.8, 4) is 0 Å². The molecule has 1 saturated heterocycles. The third kappa shape index (κ3) is 4.45. The van der Waals surface area contributed by atoms with Crippen LogP contribution in [0.25, 0.3) is 0 Å². The molecule has 2 atom stereocenters. The summed E-state index contributed by atoms with van der Waals surface area (Å²) in [5.74, 6) is -0.460. The Hall–Kier alpha value is -1.60. The molecule has 1 N–H and O–H groups in total. The fourth-order valence-corrected chi connectivity index (χ4v) is 2.65. The summed E-state index contributed by atoms with van der Waals surface area (Å²) in [5.41, 5.74) is -1.05. The van der Waals surface area contributed by atoms with Crippen molar-refractivity contribution < 1.29 is 22.7 Å². The van der Waals surface area contributed by atoms with Crippen LogP contribution in [-0.4, -0.2) is 42.6 Å². The molecule has 1 fully saturated rings. The summed E-state index contributed by atoms with van der Waals surface area (Å²) in [6, 6.07) is 4.97. The van der Waals surface area contributed by atoms with Crippen LogP contribution in [0.5, 0.6) is 0 Å². The van der Waals surface area contributed by atoms with E-state index in [0.717, 1.165) is 6.07 Å². The fraction of sp³-hybridized carbons (Fsp3) is 0.533. The average Bonchev–Trinajstić information content (AvgIpc) is 2.36. The van der Waals surface area contributed by atoms with Gasteiger partial charge in [0.25, 0.3) is 0 Å². The molecule has 0 aromatic heterocycles. The van der Waals surface area contributed by atoms with Gasteiger partial charge in [0.05, 0.1) is 30.0 Å². The first-order valence-electron chi connectivity index (χ1n) is 7.09. The topological polar surface area (TPSA) is 41.6 Å². The Morgan fingerprint density at radius 2 is 1.86 bits per heavy atom. The van der Waals surface area contributed by atoms with Crippen molar-refractivity contribution in [2.75, 3.05) is 25.0 Å². The van der Waals surface area contributed by atoms with Gasteiger partial charge >= 0.3 is 6.18 Å². The SMILES string of the molecule is C[C@@H]1CN(CC(=O)Nc2ccccc2C(F)(F)F)C[C@H](C)O1. The number of para-hydroxylation sites is 1. The lowest BCUT2D eigenvalue weighted by atomic mass is 10.1. The van der Waals surface area contributed by atoms with E-state index in [4.69, 9.17) is 4.74 Å². The normalized spacial score (nSPS) is 23.3. The molecule has 7 heteroatoms. The number of nitrogens with zero attached hydrogens (tertiary/aromatic N) is 1. The van der Waals surface area contributed by atoms with Gasteiger partial charge in [0.2, 0.25) is 5.91 Å². The Morgan fingerprint density at radius 3 is 2.45 bits per heavy atom. The number of anilines is 1. The zero-order valence-electron chi connectivity index (χ0n) is 12.5. The maximum absolute atomic E-state index is 12.9. The number of carbonyl (C=O) groups excluding carboxylic acids is 1. The highest BCUT2D eigenvalue weighted by Crippen LogP contribution is 2.34. The first-order valence-corrected chi connectivity index (χ1v) is 7.09. The van der Waals surface area contributed by atoms with Gasteiger partial charge in [0, 0.05) is 13.1 Å². The van der Waals surface area contributed by atoms with Gasteiger partial charge < -0.3 is 10.1 Å². The molecule has 0 aliphatic carbocycles. The minimum Gasteiger partial charge on any atom is -0.373 e. The number of hydrogen-bond acceptors (Lipinski definition) is 3. The standard InChI is InChI=1S/C15H19F3N2O2/c1-10-7-20(8-11(2)22-10)9-14(21)19-13-6-4-3-5-12(13)15(16,17)18/h3-6,10-11H,7-9H2,1-2H3,(H,19,21)/t10-,11+. The lowest BCUT2D eigenvalue weighted by Gasteiger charge is -2.34. The molecule has 0 spiro atoms. The number of halogens is 3. The molecule has 1 aliphatic rings. The molecule has 4 nitrogen and oxygen atoms in total. The van der Waals surface area contributed by atoms with Gasteiger partial charge in [-0.2, -0.15) is 13.2 Å². The van der Waals surface area contributed by atoms with Crippen LogP contribution in [0.15, 0.2) is 24.3 Å². The van der Waals surface area contributed by atoms with Crippen LogP contribution >= 0.6 is 0 Å². The van der Waals surface area contributed by atoms with Crippen LogP contribution in [0.2, 0.25) is 0 Å². The van der Waals surface area contributed by atoms with E-state index in [1.165, 1.54) is 18.2 Å². The monoisotopic (exact) mass is 316 g/mol. The maximum atomic E-state index is 12.9. The molecule has 1 aromatic rings. The highest BCUT2D eigenvalue weighted by molar-refractivity contribution is 5.93. The van der Waals surface area contributed by atoms with Crippen LogP contribution in [0.1, 0.15) is 19.4 Å². The van der Waals surface area contributed by atoms with E-state index < -0.39 is 17.6 Å². The fourth-order valence-electron chi connectivity index (χ4n) is 2.65. The number of nitrogens with one attached hydrogen (secondary N) is 1. The van der Waals surface area contributed by atoms with Crippen molar-refractivity contribution in [2.24, 2.45) is 0 Å². The van der Waals surface area contributed by atoms with Crippen molar-refractivity contribution in [3.63, 3.8) is 0 Å². The first-order chi connectivity index (χ1) is 10.3. The molecule has 0 unspecified atom stereocenters. The Labute approximate surface area is 127 Å². The molecule has 0 radical (unpaired) electrons. The second kappa shape index (κ2) is 6.66. The summed E-state index contributed by atoms with van der Waals surface area (Å²) >= 11 is 0. The summed E-state index contributed by atoms with van der Waals surface area (Å²) < 4.78 is 44.2. The molecule has 1 aromatic carbocycles. The molecule has 2 rings (SSSR count). The van der Waals surface area contributed by atoms with Gasteiger partial charge in [-0.15, -0.1) is 0 Å². The van der Waals surface area contributed by atoms with Crippen LogP contribution < -0.4 is 5.32 Å². The largest absolute Gasteiger partial charge is 0.418 e. The minimum absolute atomic E-state index is 0.000915. The minimum atomic E-state index is -4.49. The van der Waals surface area contributed by atoms with Crippen molar-refractivity contribution in [3.05, 3.63) is 29.8 Å². The Morgan fingerprint density at radius 1 is 1.27 bits per heavy atom. The second-order valence-electron chi connectivity index (χ2n) is 5.54. The zero-order chi connectivity index (χ0) is 16.3. The number of carbonyl (C=O) groups is 1. The van der Waals surface area contributed by atoms with Crippen molar-refractivity contribution in [1.82, 2.24) is 4.90 Å². The molecule has 122 valence electrons. The predicted molar refractivity (Wildman–Crippen MR) is 76.5 cm³/mol. The highest BCUT2D eigenvalue weighted by Gasteiger charge is 2.33. The van der Waals surface area contributed by atoms with Crippen LogP contribution in [-0.2, 0) is 15.7 Å². The summed E-state index contributed by atoms with van der Waals surface area (Å²) in [7, 11) is 0. The van der Waals surface area contributed by atoms with E-state index in [2.05, 4.69) is 5.32 Å². The van der Waals surface area contributed by atoms with E-state index in [0.29, 0.717) is 13.1 Å². The molecule has 1 heterocycles. The van der Waals surface area contributed by atoms with Gasteiger partial charge in [0.1, 0.15) is 0 Å². The third-order valence-electron chi connectivity index (χ3n) is 3.37. The summed E-state index contributed by atoms with van der Waals surface area (Å²) in [5, 5.41) is 2.35. The van der Waals surface area contributed by atoms with E-state index in [1.54, 1.807) is 0 Å². The molecule has 1 aliphatic heterocycles. The lowest BCUT2D eigenvalue weighted by Crippen LogP contribution is -2.48. The summed E-state index contributed by atoms with van der Waals surface area (Å²) in [6.45, 7) is 5.01. The van der Waals surface area contributed by atoms with E-state index in [1.807, 2.05) is 18.7 Å². The predicted octanol–water partition coefficient (Wildman–Crippen LogP) is 2.75. The van der Waals surface area contributed by atoms with E-state index in [-0.39, 0.29) is 24.4 Å². The van der Waals surface area contributed by atoms with Crippen LogP contribution in [0.4, 0.5) is 18.9 Å². The Balaban J connectivity index is 2.01. The quantitative estimate of drug-likeness (QED) is 0.932. The van der Waals surface area contributed by atoms with Crippen molar-refractivity contribution in [1.29, 1.82) is 0 Å². The number of rotatable bonds is 3. The Kier molecular flexibility index (Phi) is 5.08. The van der Waals surface area contributed by atoms with E-state index in [9.17, 15) is 18.0 Å². The molecular weight excluding hydrogens is 297 g/mol. The highest BCUT2D eigenvalue weighted by atomic mass is 19.4. The summed E-state index contributed by atoms with van der Waals surface area (Å²) in [4.78, 5) is 13.9. The average molecular weight is 316 g/mol. The number of hydrogen-bond donors (Lipinski definition) is 1. The van der Waals surface area contributed by atoms with Gasteiger partial charge in [-0.3, -0.25) is 9.69 Å². The van der Waals surface area contributed by atoms with Crippen molar-refractivity contribution in [2.45, 2.75) is 32.2 Å². The number of amides is 1. The van der Waals surface area contributed by atoms with Crippen molar-refractivity contribution >= 4 is 11.6 Å². The van der Waals surface area contributed by atoms with Gasteiger partial charge in [-0.05, 0) is 26.0 Å². The number of benzene rings is 1. The van der Waals surface area contributed by atoms with Gasteiger partial charge in [-0.1, -0.05) is 12.1 Å². The summed E-state index contributed by atoms with van der Waals surface area (Å²) in [6.07, 6.45) is -4.50.